The van der Waals surface area contributed by atoms with E-state index in [1.807, 2.05) is 42.5 Å². The maximum atomic E-state index is 11.7. The van der Waals surface area contributed by atoms with Crippen LogP contribution >= 0.6 is 0 Å². The van der Waals surface area contributed by atoms with Crippen molar-refractivity contribution in [3.05, 3.63) is 54.2 Å². The lowest BCUT2D eigenvalue weighted by Gasteiger charge is -2.14. The third kappa shape index (κ3) is 4.69. The van der Waals surface area contributed by atoms with Crippen LogP contribution in [0.5, 0.6) is 0 Å². The third-order valence-electron chi connectivity index (χ3n) is 3.97. The molecule has 0 aliphatic carbocycles. The molecule has 1 amide bonds. The summed E-state index contributed by atoms with van der Waals surface area (Å²) in [4.78, 5) is 20.2. The van der Waals surface area contributed by atoms with Gasteiger partial charge >= 0.3 is 0 Å². The molecule has 27 heavy (non-hydrogen) atoms. The molecule has 3 aromatic rings. The number of hydrogen-bond acceptors (Lipinski definition) is 7. The lowest BCUT2D eigenvalue weighted by Crippen LogP contribution is -2.33. The number of carbonyl (C=O) groups is 1. The predicted octanol–water partition coefficient (Wildman–Crippen LogP) is 1.86. The highest BCUT2D eigenvalue weighted by atomic mass is 16.5. The largest absolute Gasteiger partial charge is 0.383 e. The SMILES string of the molecule is COCC(N)CNc1ncc(C(N)=O)c(Nc2ccc3ccccc3c2)n1. The van der Waals surface area contributed by atoms with E-state index < -0.39 is 5.91 Å². The van der Waals surface area contributed by atoms with Crippen molar-refractivity contribution in [1.29, 1.82) is 0 Å². The van der Waals surface area contributed by atoms with Crippen LogP contribution in [0, 0.1) is 0 Å². The van der Waals surface area contributed by atoms with Gasteiger partial charge in [-0.15, -0.1) is 0 Å². The van der Waals surface area contributed by atoms with E-state index >= 15 is 0 Å². The highest BCUT2D eigenvalue weighted by Gasteiger charge is 2.13. The molecule has 0 fully saturated rings. The van der Waals surface area contributed by atoms with E-state index in [0.29, 0.717) is 24.9 Å². The summed E-state index contributed by atoms with van der Waals surface area (Å²) in [5.74, 6) is 0.0614. The molecule has 2 aromatic carbocycles. The smallest absolute Gasteiger partial charge is 0.254 e. The zero-order valence-electron chi connectivity index (χ0n) is 15.0. The van der Waals surface area contributed by atoms with Crippen LogP contribution < -0.4 is 22.1 Å². The van der Waals surface area contributed by atoms with Crippen LogP contribution in [-0.4, -0.2) is 42.2 Å². The Kier molecular flexibility index (Phi) is 5.80. The Morgan fingerprint density at radius 1 is 1.22 bits per heavy atom. The summed E-state index contributed by atoms with van der Waals surface area (Å²) in [5, 5.41) is 8.37. The van der Waals surface area contributed by atoms with Gasteiger partial charge in [0, 0.05) is 31.6 Å². The minimum Gasteiger partial charge on any atom is -0.383 e. The zero-order valence-corrected chi connectivity index (χ0v) is 15.0. The van der Waals surface area contributed by atoms with Gasteiger partial charge in [-0.05, 0) is 22.9 Å². The first-order valence-corrected chi connectivity index (χ1v) is 8.48. The average molecular weight is 366 g/mol. The summed E-state index contributed by atoms with van der Waals surface area (Å²) in [6.07, 6.45) is 1.39. The number of fused-ring (bicyclic) bond motifs is 1. The third-order valence-corrected chi connectivity index (χ3v) is 3.97. The van der Waals surface area contributed by atoms with E-state index in [0.717, 1.165) is 16.5 Å². The summed E-state index contributed by atoms with van der Waals surface area (Å²) in [6, 6.07) is 13.7. The van der Waals surface area contributed by atoms with Crippen LogP contribution in [0.1, 0.15) is 10.4 Å². The number of nitrogens with two attached hydrogens (primary N) is 2. The van der Waals surface area contributed by atoms with Gasteiger partial charge in [-0.3, -0.25) is 4.79 Å². The van der Waals surface area contributed by atoms with E-state index in [1.165, 1.54) is 6.20 Å². The maximum Gasteiger partial charge on any atom is 0.254 e. The van der Waals surface area contributed by atoms with E-state index in [-0.39, 0.29) is 11.6 Å². The van der Waals surface area contributed by atoms with E-state index in [4.69, 9.17) is 16.2 Å². The average Bonchev–Trinajstić information content (AvgIpc) is 2.66. The normalized spacial score (nSPS) is 11.9. The highest BCUT2D eigenvalue weighted by molar-refractivity contribution is 5.98. The maximum absolute atomic E-state index is 11.7. The molecule has 6 N–H and O–H groups in total. The van der Waals surface area contributed by atoms with Crippen molar-refractivity contribution >= 4 is 34.1 Å². The zero-order chi connectivity index (χ0) is 19.2. The van der Waals surface area contributed by atoms with E-state index in [9.17, 15) is 4.79 Å². The van der Waals surface area contributed by atoms with Gasteiger partial charge in [0.1, 0.15) is 11.4 Å². The van der Waals surface area contributed by atoms with Gasteiger partial charge in [-0.25, -0.2) is 4.98 Å². The Labute approximate surface area is 156 Å². The van der Waals surface area contributed by atoms with Gasteiger partial charge in [0.25, 0.3) is 5.91 Å². The highest BCUT2D eigenvalue weighted by Crippen LogP contribution is 2.23. The number of benzene rings is 2. The van der Waals surface area contributed by atoms with Crippen LogP contribution in [0.25, 0.3) is 10.8 Å². The molecule has 0 aliphatic rings. The second-order valence-electron chi connectivity index (χ2n) is 6.10. The number of nitrogens with zero attached hydrogens (tertiary/aromatic N) is 2. The molecule has 0 spiro atoms. The Hall–Kier alpha value is -3.23. The van der Waals surface area contributed by atoms with Crippen molar-refractivity contribution in [3.8, 4) is 0 Å². The molecular formula is C19H22N6O2. The number of rotatable bonds is 8. The fourth-order valence-corrected chi connectivity index (χ4v) is 2.64. The van der Waals surface area contributed by atoms with Crippen LogP contribution in [0.4, 0.5) is 17.5 Å². The number of aromatic nitrogens is 2. The molecule has 8 heteroatoms. The van der Waals surface area contributed by atoms with Crippen molar-refractivity contribution in [2.24, 2.45) is 11.5 Å². The van der Waals surface area contributed by atoms with Crippen LogP contribution in [0.15, 0.2) is 48.7 Å². The summed E-state index contributed by atoms with van der Waals surface area (Å²) in [5.41, 5.74) is 12.3. The van der Waals surface area contributed by atoms with Crippen molar-refractivity contribution in [1.82, 2.24) is 9.97 Å². The first-order valence-electron chi connectivity index (χ1n) is 8.48. The minimum absolute atomic E-state index is 0.202. The fraction of sp³-hybridized carbons (Fsp3) is 0.211. The molecule has 1 atom stereocenters. The van der Waals surface area contributed by atoms with Crippen LogP contribution in [0.3, 0.4) is 0 Å². The van der Waals surface area contributed by atoms with Crippen molar-refractivity contribution in [2.75, 3.05) is 30.9 Å². The first kappa shape index (κ1) is 18.6. The number of methoxy groups -OCH3 is 1. The first-order chi connectivity index (χ1) is 13.1. The molecule has 1 heterocycles. The number of ether oxygens (including phenoxy) is 1. The number of hydrogen-bond donors (Lipinski definition) is 4. The number of nitrogens with one attached hydrogen (secondary N) is 2. The summed E-state index contributed by atoms with van der Waals surface area (Å²) in [6.45, 7) is 0.841. The van der Waals surface area contributed by atoms with Crippen molar-refractivity contribution in [3.63, 3.8) is 0 Å². The van der Waals surface area contributed by atoms with Gasteiger partial charge in [0.05, 0.1) is 6.61 Å². The molecule has 140 valence electrons. The monoisotopic (exact) mass is 366 g/mol. The van der Waals surface area contributed by atoms with Gasteiger partial charge in [-0.1, -0.05) is 30.3 Å². The number of carbonyl (C=O) groups excluding carboxylic acids is 1. The topological polar surface area (TPSA) is 128 Å². The minimum atomic E-state index is -0.610. The molecule has 0 saturated carbocycles. The number of anilines is 3. The van der Waals surface area contributed by atoms with E-state index in [2.05, 4.69) is 20.6 Å². The van der Waals surface area contributed by atoms with E-state index in [1.54, 1.807) is 7.11 Å². The second-order valence-corrected chi connectivity index (χ2v) is 6.10. The summed E-state index contributed by atoms with van der Waals surface area (Å²) < 4.78 is 5.00. The van der Waals surface area contributed by atoms with Crippen LogP contribution in [-0.2, 0) is 4.74 Å². The predicted molar refractivity (Wildman–Crippen MR) is 106 cm³/mol. The summed E-state index contributed by atoms with van der Waals surface area (Å²) in [7, 11) is 1.59. The van der Waals surface area contributed by atoms with Gasteiger partial charge in [0.2, 0.25) is 5.95 Å². The molecule has 1 aromatic heterocycles. The summed E-state index contributed by atoms with van der Waals surface area (Å²) >= 11 is 0. The number of primary amides is 1. The second kappa shape index (κ2) is 8.43. The Morgan fingerprint density at radius 2 is 2.00 bits per heavy atom. The van der Waals surface area contributed by atoms with Crippen molar-refractivity contribution < 1.29 is 9.53 Å². The lowest BCUT2D eigenvalue weighted by molar-refractivity contribution is 0.100. The Balaban J connectivity index is 1.84. The van der Waals surface area contributed by atoms with Gasteiger partial charge in [0.15, 0.2) is 0 Å². The molecular weight excluding hydrogens is 344 g/mol. The molecule has 0 radical (unpaired) electrons. The van der Waals surface area contributed by atoms with Crippen LogP contribution in [0.2, 0.25) is 0 Å². The fourth-order valence-electron chi connectivity index (χ4n) is 2.64. The Morgan fingerprint density at radius 3 is 2.74 bits per heavy atom. The Bertz CT molecular complexity index is 946. The standard InChI is InChI=1S/C19H22N6O2/c1-27-11-14(20)9-22-19-23-10-16(17(21)26)18(25-19)24-15-7-6-12-4-2-3-5-13(12)8-15/h2-8,10,14H,9,11,20H2,1H3,(H2,21,26)(H2,22,23,24,25). The molecule has 8 nitrogen and oxygen atoms in total. The molecule has 0 bridgehead atoms. The lowest BCUT2D eigenvalue weighted by atomic mass is 10.1. The molecule has 1 unspecified atom stereocenters. The quantitative estimate of drug-likeness (QED) is 0.479. The number of amides is 1. The molecule has 3 rings (SSSR count). The van der Waals surface area contributed by atoms with Crippen molar-refractivity contribution in [2.45, 2.75) is 6.04 Å². The molecule has 0 saturated heterocycles. The molecule has 0 aliphatic heterocycles. The van der Waals surface area contributed by atoms with Gasteiger partial charge in [-0.2, -0.15) is 4.98 Å². The van der Waals surface area contributed by atoms with Gasteiger partial charge < -0.3 is 26.8 Å².